The molecule has 0 bridgehead atoms. The van der Waals surface area contributed by atoms with Crippen LogP contribution in [0.2, 0.25) is 0 Å². The topological polar surface area (TPSA) is 18.5 Å². The summed E-state index contributed by atoms with van der Waals surface area (Å²) in [7, 11) is 1.65. The molecule has 0 spiro atoms. The lowest BCUT2D eigenvalue weighted by molar-refractivity contribution is 0.123. The van der Waals surface area contributed by atoms with Crippen LogP contribution in [0, 0.1) is 0 Å². The summed E-state index contributed by atoms with van der Waals surface area (Å²) < 4.78 is 9.65. The van der Waals surface area contributed by atoms with Crippen LogP contribution in [0.1, 0.15) is 6.92 Å². The van der Waals surface area contributed by atoms with Crippen molar-refractivity contribution in [2.45, 2.75) is 6.92 Å². The van der Waals surface area contributed by atoms with Crippen molar-refractivity contribution in [1.82, 2.24) is 0 Å². The van der Waals surface area contributed by atoms with Gasteiger partial charge in [0, 0.05) is 7.11 Å². The maximum absolute atomic E-state index is 4.92. The molecule has 0 fully saturated rings. The Morgan fingerprint density at radius 2 is 2.12 bits per heavy atom. The van der Waals surface area contributed by atoms with Crippen molar-refractivity contribution in [3.8, 4) is 0 Å². The molecular formula is C6H12O2. The third-order valence-corrected chi connectivity index (χ3v) is 0.638. The summed E-state index contributed by atoms with van der Waals surface area (Å²) in [6, 6.07) is 0. The van der Waals surface area contributed by atoms with Crippen LogP contribution in [0.5, 0.6) is 0 Å². The normalized spacial score (nSPS) is 10.2. The van der Waals surface area contributed by atoms with Gasteiger partial charge in [0.15, 0.2) is 0 Å². The molecule has 8 heavy (non-hydrogen) atoms. The number of ether oxygens (including phenoxy) is 2. The molecule has 0 N–H and O–H groups in total. The first-order valence-electron chi connectivity index (χ1n) is 2.63. The Hall–Kier alpha value is -0.500. The van der Waals surface area contributed by atoms with E-state index in [0.717, 1.165) is 0 Å². The van der Waals surface area contributed by atoms with Crippen molar-refractivity contribution < 1.29 is 9.47 Å². The van der Waals surface area contributed by atoms with Crippen molar-refractivity contribution in [2.75, 3.05) is 20.3 Å². The van der Waals surface area contributed by atoms with Crippen LogP contribution in [0.3, 0.4) is 0 Å². The van der Waals surface area contributed by atoms with Crippen LogP contribution in [-0.2, 0) is 9.47 Å². The lowest BCUT2D eigenvalue weighted by atomic mass is 10.7. The first-order chi connectivity index (χ1) is 3.91. The Bertz CT molecular complexity index is 59.5. The second kappa shape index (κ2) is 6.50. The van der Waals surface area contributed by atoms with Crippen molar-refractivity contribution in [2.24, 2.45) is 0 Å². The van der Waals surface area contributed by atoms with Gasteiger partial charge in [-0.2, -0.15) is 0 Å². The molecule has 0 atom stereocenters. The molecule has 0 saturated carbocycles. The molecular weight excluding hydrogens is 104 g/mol. The molecule has 0 rings (SSSR count). The highest BCUT2D eigenvalue weighted by molar-refractivity contribution is 4.64. The maximum Gasteiger partial charge on any atom is 0.111 e. The summed E-state index contributed by atoms with van der Waals surface area (Å²) in [5.41, 5.74) is 0. The molecule has 0 saturated heterocycles. The van der Waals surface area contributed by atoms with Crippen LogP contribution >= 0.6 is 0 Å². The zero-order chi connectivity index (χ0) is 6.24. The van der Waals surface area contributed by atoms with Gasteiger partial charge in [-0.15, -0.1) is 0 Å². The summed E-state index contributed by atoms with van der Waals surface area (Å²) in [4.78, 5) is 0. The largest absolute Gasteiger partial charge is 0.499 e. The molecule has 0 aromatic carbocycles. The Morgan fingerprint density at radius 3 is 2.62 bits per heavy atom. The molecule has 0 radical (unpaired) electrons. The van der Waals surface area contributed by atoms with Gasteiger partial charge in [0.25, 0.3) is 0 Å². The summed E-state index contributed by atoms with van der Waals surface area (Å²) in [6.07, 6.45) is 3.49. The van der Waals surface area contributed by atoms with E-state index in [0.29, 0.717) is 13.2 Å². The SMILES string of the molecule is CC=COCCOC. The minimum absolute atomic E-state index is 0.640. The first kappa shape index (κ1) is 7.50. The first-order valence-corrected chi connectivity index (χ1v) is 2.63. The summed E-state index contributed by atoms with van der Waals surface area (Å²) in [5, 5.41) is 0. The van der Waals surface area contributed by atoms with E-state index >= 15 is 0 Å². The van der Waals surface area contributed by atoms with E-state index in [9.17, 15) is 0 Å². The van der Waals surface area contributed by atoms with Crippen molar-refractivity contribution >= 4 is 0 Å². The van der Waals surface area contributed by atoms with Crippen molar-refractivity contribution in [3.05, 3.63) is 12.3 Å². The van der Waals surface area contributed by atoms with Gasteiger partial charge in [-0.25, -0.2) is 0 Å². The van der Waals surface area contributed by atoms with E-state index in [-0.39, 0.29) is 0 Å². The third kappa shape index (κ3) is 5.50. The van der Waals surface area contributed by atoms with E-state index in [1.54, 1.807) is 13.4 Å². The lowest BCUT2D eigenvalue weighted by Crippen LogP contribution is -1.96. The standard InChI is InChI=1S/C6H12O2/c1-3-4-8-6-5-7-2/h3-4H,5-6H2,1-2H3. The number of hydrogen-bond acceptors (Lipinski definition) is 2. The Morgan fingerprint density at radius 1 is 1.38 bits per heavy atom. The quantitative estimate of drug-likeness (QED) is 0.405. The van der Waals surface area contributed by atoms with Gasteiger partial charge >= 0.3 is 0 Å². The van der Waals surface area contributed by atoms with E-state index in [4.69, 9.17) is 9.47 Å². The summed E-state index contributed by atoms with van der Waals surface area (Å²) in [6.45, 7) is 3.21. The number of allylic oxidation sites excluding steroid dienone is 1. The van der Waals surface area contributed by atoms with Crippen LogP contribution in [0.15, 0.2) is 12.3 Å². The maximum atomic E-state index is 4.92. The average molecular weight is 116 g/mol. The highest BCUT2D eigenvalue weighted by atomic mass is 16.5. The minimum Gasteiger partial charge on any atom is -0.499 e. The Kier molecular flexibility index (Phi) is 6.09. The molecule has 0 aromatic rings. The van der Waals surface area contributed by atoms with Gasteiger partial charge in [-0.3, -0.25) is 0 Å². The van der Waals surface area contributed by atoms with E-state index < -0.39 is 0 Å². The van der Waals surface area contributed by atoms with E-state index in [1.807, 2.05) is 13.0 Å². The molecule has 0 aliphatic carbocycles. The Balaban J connectivity index is 2.72. The molecule has 0 aromatic heterocycles. The van der Waals surface area contributed by atoms with Crippen LogP contribution < -0.4 is 0 Å². The third-order valence-electron chi connectivity index (χ3n) is 0.638. The molecule has 48 valence electrons. The monoisotopic (exact) mass is 116 g/mol. The highest BCUT2D eigenvalue weighted by Gasteiger charge is 1.76. The van der Waals surface area contributed by atoms with Crippen LogP contribution in [-0.4, -0.2) is 20.3 Å². The Labute approximate surface area is 50.1 Å². The molecule has 0 aliphatic rings. The number of hydrogen-bond donors (Lipinski definition) is 0. The molecule has 0 amide bonds. The number of rotatable bonds is 4. The van der Waals surface area contributed by atoms with Gasteiger partial charge < -0.3 is 9.47 Å². The smallest absolute Gasteiger partial charge is 0.111 e. The summed E-state index contributed by atoms with van der Waals surface area (Å²) in [5.74, 6) is 0. The minimum atomic E-state index is 0.640. The van der Waals surface area contributed by atoms with Crippen LogP contribution in [0.25, 0.3) is 0 Å². The molecule has 2 nitrogen and oxygen atoms in total. The van der Waals surface area contributed by atoms with Gasteiger partial charge in [0.1, 0.15) is 6.61 Å². The van der Waals surface area contributed by atoms with Gasteiger partial charge in [-0.05, 0) is 6.92 Å². The molecule has 0 heterocycles. The molecule has 0 unspecified atom stereocenters. The summed E-state index contributed by atoms with van der Waals surface area (Å²) >= 11 is 0. The zero-order valence-corrected chi connectivity index (χ0v) is 5.39. The predicted molar refractivity (Wildman–Crippen MR) is 32.6 cm³/mol. The van der Waals surface area contributed by atoms with E-state index in [2.05, 4.69) is 0 Å². The van der Waals surface area contributed by atoms with Crippen LogP contribution in [0.4, 0.5) is 0 Å². The fourth-order valence-corrected chi connectivity index (χ4v) is 0.296. The predicted octanol–water partition coefficient (Wildman–Crippen LogP) is 1.18. The average Bonchev–Trinajstić information content (AvgIpc) is 1.81. The lowest BCUT2D eigenvalue weighted by Gasteiger charge is -1.96. The van der Waals surface area contributed by atoms with Gasteiger partial charge in [-0.1, -0.05) is 6.08 Å². The van der Waals surface area contributed by atoms with E-state index in [1.165, 1.54) is 0 Å². The number of methoxy groups -OCH3 is 1. The fourth-order valence-electron chi connectivity index (χ4n) is 0.296. The zero-order valence-electron chi connectivity index (χ0n) is 5.39. The van der Waals surface area contributed by atoms with Gasteiger partial charge in [0.05, 0.1) is 12.9 Å². The molecule has 2 heteroatoms. The second-order valence-corrected chi connectivity index (χ2v) is 1.33. The highest BCUT2D eigenvalue weighted by Crippen LogP contribution is 1.76. The van der Waals surface area contributed by atoms with Crippen molar-refractivity contribution in [1.29, 1.82) is 0 Å². The van der Waals surface area contributed by atoms with Gasteiger partial charge in [0.2, 0.25) is 0 Å². The van der Waals surface area contributed by atoms with Crippen molar-refractivity contribution in [3.63, 3.8) is 0 Å². The second-order valence-electron chi connectivity index (χ2n) is 1.33. The fraction of sp³-hybridized carbons (Fsp3) is 0.667. The molecule has 0 aliphatic heterocycles.